The molecule has 0 fully saturated rings. The van der Waals surface area contributed by atoms with E-state index in [1.165, 1.54) is 43.0 Å². The first-order chi connectivity index (χ1) is 24.7. The maximum Gasteiger partial charge on any atom is 0.416 e. The van der Waals surface area contributed by atoms with Crippen LogP contribution in [0.4, 0.5) is 17.6 Å². The number of thioether (sulfide) groups is 1. The molecule has 0 saturated carbocycles. The molecule has 3 aromatic carbocycles. The maximum atomic E-state index is 14.5. The van der Waals surface area contributed by atoms with Crippen LogP contribution in [0.25, 0.3) is 11.1 Å². The fourth-order valence-corrected chi connectivity index (χ4v) is 6.48. The fourth-order valence-electron chi connectivity index (χ4n) is 5.51. The fraction of sp³-hybridized carbons (Fsp3) is 0.361. The third kappa shape index (κ3) is 8.31. The molecule has 4 aromatic rings. The molecule has 1 amide bonds. The Hall–Kier alpha value is -3.96. The molecule has 1 atom stereocenters. The summed E-state index contributed by atoms with van der Waals surface area (Å²) >= 11 is 1.19. The Kier molecular flexibility index (Phi) is 8.55. The summed E-state index contributed by atoms with van der Waals surface area (Å²) in [5.74, 6) is -0.721. The van der Waals surface area contributed by atoms with Crippen LogP contribution in [0.2, 0.25) is 0 Å². The van der Waals surface area contributed by atoms with Gasteiger partial charge in [0.15, 0.2) is 5.16 Å². The smallest absolute Gasteiger partial charge is 0.333 e. The molecule has 11 heteroatoms. The first-order valence-electron chi connectivity index (χ1n) is 18.0. The zero-order chi connectivity index (χ0) is 38.9. The molecule has 0 N–H and O–H groups in total. The van der Waals surface area contributed by atoms with E-state index in [-0.39, 0.29) is 18.2 Å². The quantitative estimate of drug-likeness (QED) is 0.0893. The summed E-state index contributed by atoms with van der Waals surface area (Å²) in [7, 11) is 0. The number of nitrogens with zero attached hydrogens (tertiary/aromatic N) is 4. The van der Waals surface area contributed by atoms with E-state index >= 15 is 0 Å². The highest BCUT2D eigenvalue weighted by Crippen LogP contribution is 2.32. The normalized spacial score (nSPS) is 16.7. The minimum absolute atomic E-state index is 0.245. The lowest BCUT2D eigenvalue weighted by atomic mass is 9.99. The summed E-state index contributed by atoms with van der Waals surface area (Å²) in [4.78, 5) is 33.6. The molecule has 0 saturated heterocycles. The first kappa shape index (κ1) is 27.0. The number of likely N-dealkylation sites (N-methyl/N-ethyl adjacent to an activating group) is 1. The molecular formula is C36H38F4N4O2S. The molecule has 47 heavy (non-hydrogen) atoms. The minimum atomic E-state index is -4.49. The Morgan fingerprint density at radius 1 is 1.04 bits per heavy atom. The number of hydrogen-bond donors (Lipinski definition) is 0. The minimum Gasteiger partial charge on any atom is -0.333 e. The lowest BCUT2D eigenvalue weighted by Crippen LogP contribution is -2.41. The van der Waals surface area contributed by atoms with Crippen LogP contribution in [0.15, 0.2) is 82.7 Å². The molecule has 0 aliphatic heterocycles. The van der Waals surface area contributed by atoms with Gasteiger partial charge in [0.2, 0.25) is 5.91 Å². The Bertz CT molecular complexity index is 1970. The van der Waals surface area contributed by atoms with E-state index in [1.54, 1.807) is 41.0 Å². The zero-order valence-corrected chi connectivity index (χ0v) is 26.7. The second-order valence-corrected chi connectivity index (χ2v) is 12.1. The standard InChI is InChI=1S/C36H38F4N4O2S/c1-4-42(3)20-21-43(24(2)26-10-12-27(13-11-26)28-14-16-29(17-15-28)36(38,39)40)33(45)22-44-32-7-5-6-31(32)34(46)41-35(44)47-23-25-8-18-30(37)19-9-25/h8-19,24H,4-7,20-23H2,1-3H3/i3D3,4D2,24D. The van der Waals surface area contributed by atoms with E-state index < -0.39 is 55.1 Å². The van der Waals surface area contributed by atoms with Crippen molar-refractivity contribution in [1.82, 2.24) is 19.4 Å². The highest BCUT2D eigenvalue weighted by atomic mass is 32.2. The van der Waals surface area contributed by atoms with Gasteiger partial charge in [0.25, 0.3) is 5.56 Å². The third-order valence-electron chi connectivity index (χ3n) is 8.15. The van der Waals surface area contributed by atoms with Gasteiger partial charge in [-0.1, -0.05) is 67.2 Å². The van der Waals surface area contributed by atoms with Crippen LogP contribution in [0.5, 0.6) is 0 Å². The highest BCUT2D eigenvalue weighted by Gasteiger charge is 2.30. The SMILES string of the molecule is [2H]C([2H])([2H])N(CCN(C(=O)Cn1c(SCc2ccc(F)cc2)nc(=O)c2c1CCC2)C([2H])(C)c1ccc(-c2ccc(C(F)(F)F)cc2)cc1)C([2H])([2H])C. The topological polar surface area (TPSA) is 58.4 Å². The third-order valence-corrected chi connectivity index (χ3v) is 9.19. The Labute approximate surface area is 284 Å². The Balaban J connectivity index is 1.50. The van der Waals surface area contributed by atoms with Crippen molar-refractivity contribution >= 4 is 17.7 Å². The summed E-state index contributed by atoms with van der Waals surface area (Å²) in [5, 5.41) is 0.245. The van der Waals surface area contributed by atoms with Crippen LogP contribution in [-0.4, -0.2) is 51.8 Å². The molecule has 1 unspecified atom stereocenters. The largest absolute Gasteiger partial charge is 0.416 e. The van der Waals surface area contributed by atoms with Crippen LogP contribution in [0, 0.1) is 5.82 Å². The van der Waals surface area contributed by atoms with Gasteiger partial charge in [0.05, 0.1) is 13.0 Å². The summed E-state index contributed by atoms with van der Waals surface area (Å²) in [6, 6.07) is 14.9. The molecule has 248 valence electrons. The van der Waals surface area contributed by atoms with Gasteiger partial charge in [-0.3, -0.25) is 9.59 Å². The Morgan fingerprint density at radius 3 is 2.32 bits per heavy atom. The molecular weight excluding hydrogens is 628 g/mol. The second-order valence-electron chi connectivity index (χ2n) is 11.1. The average molecular weight is 673 g/mol. The van der Waals surface area contributed by atoms with Gasteiger partial charge in [-0.2, -0.15) is 18.2 Å². The van der Waals surface area contributed by atoms with Crippen LogP contribution in [-0.2, 0) is 36.1 Å². The van der Waals surface area contributed by atoms with Crippen molar-refractivity contribution in [2.45, 2.75) is 62.8 Å². The molecule has 0 spiro atoms. The maximum absolute atomic E-state index is 14.5. The number of benzene rings is 3. The van der Waals surface area contributed by atoms with Gasteiger partial charge < -0.3 is 14.4 Å². The molecule has 0 radical (unpaired) electrons. The van der Waals surface area contributed by atoms with E-state index in [0.29, 0.717) is 57.9 Å². The van der Waals surface area contributed by atoms with Gasteiger partial charge in [-0.25, -0.2) is 4.39 Å². The molecule has 1 heterocycles. The van der Waals surface area contributed by atoms with Crippen LogP contribution >= 0.6 is 11.8 Å². The van der Waals surface area contributed by atoms with Gasteiger partial charge in [-0.15, -0.1) is 0 Å². The predicted octanol–water partition coefficient (Wildman–Crippen LogP) is 7.39. The second kappa shape index (κ2) is 14.9. The first-order valence-corrected chi connectivity index (χ1v) is 16.0. The number of amides is 1. The lowest BCUT2D eigenvalue weighted by Gasteiger charge is -2.32. The van der Waals surface area contributed by atoms with Gasteiger partial charge in [0.1, 0.15) is 12.4 Å². The van der Waals surface area contributed by atoms with Crippen molar-refractivity contribution in [3.63, 3.8) is 0 Å². The number of aromatic nitrogens is 2. The van der Waals surface area contributed by atoms with E-state index in [1.807, 2.05) is 0 Å². The monoisotopic (exact) mass is 672 g/mol. The van der Waals surface area contributed by atoms with Crippen molar-refractivity contribution in [1.29, 1.82) is 0 Å². The number of carbonyl (C=O) groups is 1. The molecule has 6 nitrogen and oxygen atoms in total. The molecule has 5 rings (SSSR count). The molecule has 1 aromatic heterocycles. The number of carbonyl (C=O) groups excluding carboxylic acids is 1. The summed E-state index contributed by atoms with van der Waals surface area (Å²) in [5.41, 5.74) is 2.01. The zero-order valence-electron chi connectivity index (χ0n) is 31.9. The number of alkyl halides is 3. The number of halogens is 4. The predicted molar refractivity (Wildman–Crippen MR) is 177 cm³/mol. The van der Waals surface area contributed by atoms with Gasteiger partial charge in [-0.05, 0) is 86.2 Å². The molecule has 1 aliphatic rings. The van der Waals surface area contributed by atoms with E-state index in [9.17, 15) is 28.5 Å². The number of fused-ring (bicyclic) bond motifs is 1. The highest BCUT2D eigenvalue weighted by molar-refractivity contribution is 7.98. The lowest BCUT2D eigenvalue weighted by molar-refractivity contribution is -0.137. The average Bonchev–Trinajstić information content (AvgIpc) is 3.57. The van der Waals surface area contributed by atoms with Crippen molar-refractivity contribution in [2.24, 2.45) is 0 Å². The summed E-state index contributed by atoms with van der Waals surface area (Å²) < 4.78 is 104. The van der Waals surface area contributed by atoms with Crippen LogP contribution in [0.1, 0.15) is 62.5 Å². The van der Waals surface area contributed by atoms with Crippen LogP contribution < -0.4 is 5.56 Å². The van der Waals surface area contributed by atoms with Crippen LogP contribution in [0.3, 0.4) is 0 Å². The van der Waals surface area contributed by atoms with Crippen molar-refractivity contribution in [3.8, 4) is 11.1 Å². The van der Waals surface area contributed by atoms with E-state index in [4.69, 9.17) is 6.85 Å². The Morgan fingerprint density at radius 2 is 1.70 bits per heavy atom. The van der Waals surface area contributed by atoms with E-state index in [2.05, 4.69) is 4.98 Å². The molecule has 0 bridgehead atoms. The summed E-state index contributed by atoms with van der Waals surface area (Å²) in [6.07, 6.45) is -2.86. The van der Waals surface area contributed by atoms with Gasteiger partial charge >= 0.3 is 6.18 Å². The van der Waals surface area contributed by atoms with Gasteiger partial charge in [0, 0.05) is 37.0 Å². The molecule has 1 aliphatic carbocycles. The van der Waals surface area contributed by atoms with Crippen molar-refractivity contribution in [2.75, 3.05) is 26.6 Å². The van der Waals surface area contributed by atoms with Crippen molar-refractivity contribution in [3.05, 3.63) is 117 Å². The van der Waals surface area contributed by atoms with Crippen molar-refractivity contribution < 1.29 is 30.6 Å². The number of rotatable bonds is 12. The summed E-state index contributed by atoms with van der Waals surface area (Å²) in [6.45, 7) is -3.86. The van der Waals surface area contributed by atoms with E-state index in [0.717, 1.165) is 29.5 Å². The number of hydrogen-bond acceptors (Lipinski definition) is 5.